The summed E-state index contributed by atoms with van der Waals surface area (Å²) in [6, 6.07) is 8.06. The minimum absolute atomic E-state index is 0.0581. The molecule has 142 valence electrons. The Kier molecular flexibility index (Phi) is 4.19. The minimum atomic E-state index is -0.457. The molecule has 2 N–H and O–H groups in total. The molecule has 3 heterocycles. The lowest BCUT2D eigenvalue weighted by Gasteiger charge is -2.13. The van der Waals surface area contributed by atoms with Crippen molar-refractivity contribution in [3.8, 4) is 16.9 Å². The lowest BCUT2D eigenvalue weighted by Crippen LogP contribution is -2.16. The summed E-state index contributed by atoms with van der Waals surface area (Å²) in [5, 5.41) is 18.9. The second-order valence-corrected chi connectivity index (χ2v) is 6.49. The first-order valence-corrected chi connectivity index (χ1v) is 8.53. The lowest BCUT2D eigenvalue weighted by molar-refractivity contribution is -0.384. The molecule has 0 amide bonds. The average molecular weight is 379 g/mol. The van der Waals surface area contributed by atoms with Crippen LogP contribution in [0.15, 0.2) is 47.5 Å². The number of aromatic nitrogens is 4. The Hall–Kier alpha value is -3.88. The van der Waals surface area contributed by atoms with Gasteiger partial charge in [0.05, 0.1) is 16.3 Å². The number of nitro benzene ring substituents is 1. The third kappa shape index (κ3) is 3.02. The van der Waals surface area contributed by atoms with Crippen molar-refractivity contribution in [2.24, 2.45) is 7.05 Å². The van der Waals surface area contributed by atoms with Crippen LogP contribution in [0.25, 0.3) is 22.0 Å². The molecule has 0 fully saturated rings. The highest BCUT2D eigenvalue weighted by Crippen LogP contribution is 2.36. The zero-order valence-electron chi connectivity index (χ0n) is 15.2. The number of nitro groups is 1. The summed E-state index contributed by atoms with van der Waals surface area (Å²) in [7, 11) is 1.64. The Morgan fingerprint density at radius 3 is 2.79 bits per heavy atom. The number of hydrogen-bond donors (Lipinski definition) is 2. The van der Waals surface area contributed by atoms with Gasteiger partial charge in [-0.25, -0.2) is 0 Å². The predicted molar refractivity (Wildman–Crippen MR) is 103 cm³/mol. The van der Waals surface area contributed by atoms with E-state index in [1.165, 1.54) is 16.7 Å². The van der Waals surface area contributed by atoms with Gasteiger partial charge in [-0.15, -0.1) is 0 Å². The van der Waals surface area contributed by atoms with Gasteiger partial charge in [-0.3, -0.25) is 20.0 Å². The number of pyridine rings is 1. The molecule has 0 radical (unpaired) electrons. The molecular formula is C19H17N5O4. The molecule has 28 heavy (non-hydrogen) atoms. The zero-order chi connectivity index (χ0) is 19.8. The fourth-order valence-electron chi connectivity index (χ4n) is 3.16. The third-order valence-electron chi connectivity index (χ3n) is 4.50. The zero-order valence-corrected chi connectivity index (χ0v) is 15.2. The smallest absolute Gasteiger partial charge is 0.274 e. The van der Waals surface area contributed by atoms with E-state index in [-0.39, 0.29) is 17.9 Å². The first kappa shape index (κ1) is 17.5. The number of H-pyrrole nitrogens is 2. The summed E-state index contributed by atoms with van der Waals surface area (Å²) < 4.78 is 7.37. The molecule has 0 aliphatic heterocycles. The van der Waals surface area contributed by atoms with E-state index in [1.54, 1.807) is 31.6 Å². The molecule has 0 unspecified atom stereocenters. The van der Waals surface area contributed by atoms with Crippen molar-refractivity contribution in [2.75, 3.05) is 0 Å². The van der Waals surface area contributed by atoms with Crippen molar-refractivity contribution in [2.45, 2.75) is 13.5 Å². The molecule has 3 aromatic heterocycles. The summed E-state index contributed by atoms with van der Waals surface area (Å²) in [6.45, 7) is 2.10. The highest BCUT2D eigenvalue weighted by molar-refractivity contribution is 5.96. The Morgan fingerprint density at radius 2 is 2.07 bits per heavy atom. The van der Waals surface area contributed by atoms with Crippen LogP contribution in [0.4, 0.5) is 5.69 Å². The van der Waals surface area contributed by atoms with Crippen LogP contribution in [0.1, 0.15) is 11.4 Å². The lowest BCUT2D eigenvalue weighted by atomic mass is 10.0. The van der Waals surface area contributed by atoms with Gasteiger partial charge in [0.2, 0.25) is 0 Å². The van der Waals surface area contributed by atoms with E-state index in [9.17, 15) is 14.9 Å². The second kappa shape index (κ2) is 6.69. The highest BCUT2D eigenvalue weighted by atomic mass is 16.6. The Morgan fingerprint density at radius 1 is 1.25 bits per heavy atom. The van der Waals surface area contributed by atoms with Gasteiger partial charge in [0.25, 0.3) is 11.2 Å². The third-order valence-corrected chi connectivity index (χ3v) is 4.50. The molecule has 0 spiro atoms. The topological polar surface area (TPSA) is 119 Å². The molecule has 0 bridgehead atoms. The van der Waals surface area contributed by atoms with E-state index in [2.05, 4.69) is 15.2 Å². The maximum atomic E-state index is 12.3. The number of ether oxygens (including phenoxy) is 1. The maximum absolute atomic E-state index is 12.3. The maximum Gasteiger partial charge on any atom is 0.274 e. The molecule has 0 aliphatic rings. The molecule has 0 aliphatic carbocycles. The standard InChI is InChI=1S/C19H17N5O4/c1-11-7-12(22-21-11)10-28-17-4-3-13(24(26)27)8-15(17)16-9-23(2)19(25)18-14(16)5-6-20-18/h3-9,20H,10H2,1-2H3,(H,21,22). The number of nitrogens with one attached hydrogen (secondary N) is 2. The van der Waals surface area contributed by atoms with Crippen molar-refractivity contribution in [1.82, 2.24) is 19.7 Å². The van der Waals surface area contributed by atoms with Gasteiger partial charge in [-0.2, -0.15) is 5.10 Å². The second-order valence-electron chi connectivity index (χ2n) is 6.49. The average Bonchev–Trinajstić information content (AvgIpc) is 3.32. The van der Waals surface area contributed by atoms with Crippen molar-refractivity contribution in [3.05, 3.63) is 74.6 Å². The SMILES string of the molecule is Cc1cc(COc2ccc([N+](=O)[O-])cc2-c2cn(C)c(=O)c3[nH]ccc23)[nH]n1. The van der Waals surface area contributed by atoms with E-state index in [4.69, 9.17) is 4.74 Å². The summed E-state index contributed by atoms with van der Waals surface area (Å²) in [6.07, 6.45) is 3.32. The number of non-ortho nitro benzene ring substituents is 1. The van der Waals surface area contributed by atoms with Crippen LogP contribution >= 0.6 is 0 Å². The Balaban J connectivity index is 1.85. The van der Waals surface area contributed by atoms with Crippen LogP contribution in [-0.2, 0) is 13.7 Å². The molecule has 9 heteroatoms. The number of fused-ring (bicyclic) bond motifs is 1. The van der Waals surface area contributed by atoms with Crippen LogP contribution in [-0.4, -0.2) is 24.7 Å². The first-order valence-electron chi connectivity index (χ1n) is 8.53. The summed E-state index contributed by atoms with van der Waals surface area (Å²) in [5.41, 5.74) is 3.02. The van der Waals surface area contributed by atoms with E-state index < -0.39 is 4.92 Å². The largest absolute Gasteiger partial charge is 0.487 e. The predicted octanol–water partition coefficient (Wildman–Crippen LogP) is 3.05. The summed E-state index contributed by atoms with van der Waals surface area (Å²) in [4.78, 5) is 26.1. The monoisotopic (exact) mass is 379 g/mol. The van der Waals surface area contributed by atoms with Gasteiger partial charge < -0.3 is 14.3 Å². The molecular weight excluding hydrogens is 362 g/mol. The molecule has 0 saturated heterocycles. The Bertz CT molecular complexity index is 1250. The van der Waals surface area contributed by atoms with Crippen molar-refractivity contribution in [1.29, 1.82) is 0 Å². The molecule has 0 saturated carbocycles. The number of rotatable bonds is 5. The van der Waals surface area contributed by atoms with Gasteiger partial charge >= 0.3 is 0 Å². The van der Waals surface area contributed by atoms with Gasteiger partial charge in [0, 0.05) is 48.1 Å². The Labute approximate surface area is 158 Å². The van der Waals surface area contributed by atoms with Crippen molar-refractivity contribution in [3.63, 3.8) is 0 Å². The van der Waals surface area contributed by atoms with Crippen LogP contribution in [0.5, 0.6) is 5.75 Å². The van der Waals surface area contributed by atoms with Gasteiger partial charge in [0.1, 0.15) is 17.9 Å². The number of hydrogen-bond acceptors (Lipinski definition) is 5. The molecule has 1 aromatic carbocycles. The van der Waals surface area contributed by atoms with Gasteiger partial charge in [-0.1, -0.05) is 0 Å². The number of nitrogens with zero attached hydrogens (tertiary/aromatic N) is 3. The summed E-state index contributed by atoms with van der Waals surface area (Å²) >= 11 is 0. The van der Waals surface area contributed by atoms with E-state index in [0.29, 0.717) is 27.8 Å². The van der Waals surface area contributed by atoms with Gasteiger partial charge in [0.15, 0.2) is 0 Å². The molecule has 4 aromatic rings. The first-order chi connectivity index (χ1) is 13.4. The normalized spacial score (nSPS) is 11.1. The quantitative estimate of drug-likeness (QED) is 0.408. The summed E-state index contributed by atoms with van der Waals surface area (Å²) in [5.74, 6) is 0.471. The van der Waals surface area contributed by atoms with E-state index in [1.807, 2.05) is 13.0 Å². The van der Waals surface area contributed by atoms with Crippen LogP contribution < -0.4 is 10.3 Å². The number of benzene rings is 1. The minimum Gasteiger partial charge on any atom is -0.487 e. The van der Waals surface area contributed by atoms with Crippen LogP contribution in [0.3, 0.4) is 0 Å². The molecule has 9 nitrogen and oxygen atoms in total. The van der Waals surface area contributed by atoms with E-state index in [0.717, 1.165) is 11.4 Å². The van der Waals surface area contributed by atoms with Crippen molar-refractivity contribution < 1.29 is 9.66 Å². The fraction of sp³-hybridized carbons (Fsp3) is 0.158. The molecule has 4 rings (SSSR count). The number of aryl methyl sites for hydroxylation is 2. The van der Waals surface area contributed by atoms with Crippen LogP contribution in [0.2, 0.25) is 0 Å². The van der Waals surface area contributed by atoms with Gasteiger partial charge in [-0.05, 0) is 25.1 Å². The van der Waals surface area contributed by atoms with Crippen molar-refractivity contribution >= 4 is 16.6 Å². The van der Waals surface area contributed by atoms with Crippen LogP contribution in [0, 0.1) is 17.0 Å². The number of aromatic amines is 2. The highest BCUT2D eigenvalue weighted by Gasteiger charge is 2.18. The van der Waals surface area contributed by atoms with E-state index >= 15 is 0 Å². The fourth-order valence-corrected chi connectivity index (χ4v) is 3.16. The molecule has 0 atom stereocenters.